The predicted molar refractivity (Wildman–Crippen MR) is 286 cm³/mol. The number of carboxylic acid groups (broad SMARTS) is 1. The molecule has 0 spiro atoms. The minimum Gasteiger partial charge on any atom is -0.504 e. The summed E-state index contributed by atoms with van der Waals surface area (Å²) in [4.78, 5) is 47.4. The lowest BCUT2D eigenvalue weighted by molar-refractivity contribution is -0.192. The number of anilines is 2. The quantitative estimate of drug-likeness (QED) is 0.0578. The molecule has 78 heavy (non-hydrogen) atoms. The summed E-state index contributed by atoms with van der Waals surface area (Å²) in [6.07, 6.45) is 4.38. The minimum absolute atomic E-state index is 0.00659. The summed E-state index contributed by atoms with van der Waals surface area (Å²) in [5.74, 6) is -4.03. The molecule has 5 aliphatic rings. The highest BCUT2D eigenvalue weighted by molar-refractivity contribution is 7.89. The summed E-state index contributed by atoms with van der Waals surface area (Å²) in [7, 11) is -8.20. The lowest BCUT2D eigenvalue weighted by atomic mass is 9.98. The van der Waals surface area contributed by atoms with Crippen molar-refractivity contribution in [2.24, 2.45) is 0 Å². The molecule has 0 saturated carbocycles. The average Bonchev–Trinajstić information content (AvgIpc) is 4.26. The number of ether oxygens (including phenoxy) is 1. The number of carbonyl (C=O) groups is 4. The second-order valence-corrected chi connectivity index (χ2v) is 23.4. The number of piperazine rings is 1. The fraction of sp³-hybridized carbons (Fsp3) is 0.385. The molecule has 7 N–H and O–H groups in total. The Kier molecular flexibility index (Phi) is 19.0. The van der Waals surface area contributed by atoms with Crippen LogP contribution in [-0.4, -0.2) is 134 Å². The van der Waals surface area contributed by atoms with Crippen LogP contribution in [0.2, 0.25) is 10.0 Å². The number of carbonyl (C=O) groups excluding carboxylic acids is 3. The molecule has 9 rings (SSSR count). The normalized spacial score (nSPS) is 18.6. The van der Waals surface area contributed by atoms with Gasteiger partial charge in [-0.15, -0.1) is 0 Å². The van der Waals surface area contributed by atoms with Gasteiger partial charge in [-0.2, -0.15) is 21.8 Å². The molecule has 0 radical (unpaired) electrons. The fourth-order valence-electron chi connectivity index (χ4n) is 9.65. The van der Waals surface area contributed by atoms with Crippen LogP contribution in [0.4, 0.5) is 38.9 Å². The summed E-state index contributed by atoms with van der Waals surface area (Å²) in [5.41, 5.74) is 6.52. The number of piperidine rings is 1. The Bertz CT molecular complexity index is 3180. The Balaban J connectivity index is 0.000000220. The number of nitrogens with one attached hydrogen (secondary N) is 4. The molecule has 3 aliphatic carbocycles. The highest BCUT2D eigenvalue weighted by Crippen LogP contribution is 2.45. The van der Waals surface area contributed by atoms with E-state index in [4.69, 9.17) is 37.8 Å². The van der Waals surface area contributed by atoms with Gasteiger partial charge in [-0.1, -0.05) is 101 Å². The molecular formula is C52H58Cl2F3N7O12S2. The smallest absolute Gasteiger partial charge is 0.490 e. The lowest BCUT2D eigenvalue weighted by Gasteiger charge is -2.34. The number of allylic oxidation sites excluding steroid dienone is 2. The van der Waals surface area contributed by atoms with Gasteiger partial charge < -0.3 is 46.2 Å². The molecule has 2 saturated heterocycles. The van der Waals surface area contributed by atoms with Crippen molar-refractivity contribution in [1.29, 1.82) is 0 Å². The van der Waals surface area contributed by atoms with Gasteiger partial charge in [0.05, 0.1) is 33.5 Å². The predicted octanol–water partition coefficient (Wildman–Crippen LogP) is 9.61. The van der Waals surface area contributed by atoms with Gasteiger partial charge in [-0.25, -0.2) is 36.0 Å². The molecule has 26 heteroatoms. The zero-order chi connectivity index (χ0) is 56.7. The summed E-state index contributed by atoms with van der Waals surface area (Å²) in [6, 6.07) is 20.3. The summed E-state index contributed by atoms with van der Waals surface area (Å²) >= 11 is 12.4. The van der Waals surface area contributed by atoms with Crippen molar-refractivity contribution in [1.82, 2.24) is 24.1 Å². The van der Waals surface area contributed by atoms with Gasteiger partial charge in [-0.3, -0.25) is 0 Å². The zero-order valence-corrected chi connectivity index (χ0v) is 45.4. The second kappa shape index (κ2) is 25.0. The molecule has 2 aliphatic heterocycles. The van der Waals surface area contributed by atoms with E-state index in [0.717, 1.165) is 82.7 Å². The third kappa shape index (κ3) is 13.6. The van der Waals surface area contributed by atoms with E-state index in [9.17, 15) is 54.6 Å². The van der Waals surface area contributed by atoms with Crippen molar-refractivity contribution in [3.8, 4) is 22.6 Å². The molecule has 2 heterocycles. The number of halogens is 5. The molecular weight excluding hydrogens is 1110 g/mol. The van der Waals surface area contributed by atoms with Gasteiger partial charge in [0.2, 0.25) is 20.0 Å². The van der Waals surface area contributed by atoms with Crippen LogP contribution < -0.4 is 21.3 Å². The first-order valence-electron chi connectivity index (χ1n) is 24.8. The van der Waals surface area contributed by atoms with Crippen molar-refractivity contribution in [2.45, 2.75) is 92.8 Å². The standard InChI is InChI=1S/C32H33ClN4O6S.C18H24ClN3O4S.C2HF3O2/c1-20-7-6-12-27(20)34-31(39)35-28-14-13-26(33)30(29(28)38)44(41,42)37-17-15-36(16-18-37)32(40)43-19-25-23-10-4-2-8-21(23)22-9-3-5-11-24(22)25;1-12-6-5-7-14(12)20-18(24)21-15-9-8-13(19)17(16(15)23)27(25,26)22-10-3-2-4-11-22;3-2(4,5)1(6)7/h2-5,7-11,13-14,25,27,38H,6,12,15-19H2,1H3,(H2,34,35,39);6,8-9,14,23H,2-5,7,10-11H2,1H3,(H2,20,21,24);(H,6,7)/t27-;14-;/m11./s1. The number of alkyl halides is 3. The first kappa shape index (κ1) is 59.1. The van der Waals surface area contributed by atoms with Gasteiger partial charge >= 0.3 is 30.3 Å². The van der Waals surface area contributed by atoms with Crippen LogP contribution in [0.5, 0.6) is 11.5 Å². The van der Waals surface area contributed by atoms with Crippen molar-refractivity contribution >= 4 is 78.7 Å². The minimum atomic E-state index is -5.08. The number of benzene rings is 4. The Morgan fingerprint density at radius 2 is 1.05 bits per heavy atom. The number of hydrogen-bond donors (Lipinski definition) is 7. The molecule has 2 fully saturated rings. The van der Waals surface area contributed by atoms with Gasteiger partial charge in [0.15, 0.2) is 11.5 Å². The highest BCUT2D eigenvalue weighted by atomic mass is 35.5. The Labute approximate surface area is 459 Å². The lowest BCUT2D eigenvalue weighted by Crippen LogP contribution is -2.50. The van der Waals surface area contributed by atoms with Crippen molar-refractivity contribution in [3.63, 3.8) is 0 Å². The van der Waals surface area contributed by atoms with Gasteiger partial charge in [-0.05, 0) is 98.9 Å². The number of sulfonamides is 2. The number of phenols is 2. The largest absolute Gasteiger partial charge is 0.504 e. The number of fused-ring (bicyclic) bond motifs is 3. The van der Waals surface area contributed by atoms with Crippen molar-refractivity contribution in [2.75, 3.05) is 56.5 Å². The third-order valence-electron chi connectivity index (χ3n) is 13.8. The van der Waals surface area contributed by atoms with E-state index in [1.165, 1.54) is 33.5 Å². The van der Waals surface area contributed by atoms with Gasteiger partial charge in [0.25, 0.3) is 0 Å². The van der Waals surface area contributed by atoms with Crippen molar-refractivity contribution in [3.05, 3.63) is 117 Å². The summed E-state index contributed by atoms with van der Waals surface area (Å²) in [6.45, 7) is 4.98. The van der Waals surface area contributed by atoms with Gasteiger partial charge in [0.1, 0.15) is 16.4 Å². The van der Waals surface area contributed by atoms with Crippen molar-refractivity contribution < 1.29 is 69.2 Å². The van der Waals surface area contributed by atoms with E-state index in [-0.39, 0.29) is 77.1 Å². The van der Waals surface area contributed by atoms with E-state index in [1.807, 2.05) is 56.3 Å². The molecule has 420 valence electrons. The maximum Gasteiger partial charge on any atom is 0.490 e. The Morgan fingerprint density at radius 3 is 1.45 bits per heavy atom. The van der Waals surface area contributed by atoms with E-state index in [1.54, 1.807) is 0 Å². The zero-order valence-electron chi connectivity index (χ0n) is 42.3. The van der Waals surface area contributed by atoms with Crippen LogP contribution in [-0.2, 0) is 29.6 Å². The summed E-state index contributed by atoms with van der Waals surface area (Å²) < 4.78 is 93.1. The molecule has 2 atom stereocenters. The molecule has 0 bridgehead atoms. The number of aliphatic carboxylic acids is 1. The van der Waals surface area contributed by atoms with Crippen LogP contribution in [0, 0.1) is 0 Å². The number of nitrogens with zero attached hydrogens (tertiary/aromatic N) is 3. The molecule has 0 unspecified atom stereocenters. The molecule has 19 nitrogen and oxygen atoms in total. The Hall–Kier alpha value is -6.57. The first-order chi connectivity index (χ1) is 36.9. The number of amides is 5. The molecule has 4 aromatic rings. The maximum absolute atomic E-state index is 13.6. The van der Waals surface area contributed by atoms with E-state index < -0.39 is 66.7 Å². The molecule has 0 aromatic heterocycles. The number of carboxylic acids is 1. The third-order valence-corrected chi connectivity index (χ3v) is 18.6. The summed E-state index contributed by atoms with van der Waals surface area (Å²) in [5, 5.41) is 39.1. The number of rotatable bonds is 10. The molecule has 4 aromatic carbocycles. The average molecular weight is 1170 g/mol. The topological polar surface area (TPSA) is 264 Å². The van der Waals surface area contributed by atoms with E-state index in [2.05, 4.69) is 39.5 Å². The highest BCUT2D eigenvalue weighted by Gasteiger charge is 2.39. The number of hydrogen-bond acceptors (Lipinski definition) is 11. The number of urea groups is 2. The molecule has 5 amide bonds. The second-order valence-electron chi connectivity index (χ2n) is 18.9. The van der Waals surface area contributed by atoms with Crippen LogP contribution in [0.25, 0.3) is 11.1 Å². The monoisotopic (exact) mass is 1160 g/mol. The van der Waals surface area contributed by atoms with Crippen LogP contribution in [0.15, 0.2) is 106 Å². The fourth-order valence-corrected chi connectivity index (χ4v) is 13.8. The van der Waals surface area contributed by atoms with Crippen LogP contribution >= 0.6 is 23.2 Å². The van der Waals surface area contributed by atoms with Gasteiger partial charge in [0, 0.05) is 45.2 Å². The Morgan fingerprint density at radius 1 is 0.641 bits per heavy atom. The van der Waals surface area contributed by atoms with E-state index in [0.29, 0.717) is 13.1 Å². The maximum atomic E-state index is 13.6. The van der Waals surface area contributed by atoms with E-state index >= 15 is 0 Å². The first-order valence-corrected chi connectivity index (χ1v) is 28.4. The van der Waals surface area contributed by atoms with Crippen LogP contribution in [0.1, 0.15) is 75.8 Å². The number of aromatic hydroxyl groups is 2. The SMILES string of the molecule is CC1=CCC[C@H]1NC(=O)Nc1ccc(Cl)c(S(=O)(=O)N2CCCCC2)c1O.CC1=CCC[C@H]1NC(=O)Nc1ccc(Cl)c(S(=O)(=O)N2CCN(C(=O)OCC3c4ccccc4-c4ccccc43)CC2)c1O.O=C(O)C(F)(F)F. The van der Waals surface area contributed by atoms with Crippen LogP contribution in [0.3, 0.4) is 0 Å². The number of phenolic OH excluding ortho intramolecular Hbond substituents is 2.